The van der Waals surface area contributed by atoms with E-state index in [-0.39, 0.29) is 29.3 Å². The van der Waals surface area contributed by atoms with Crippen LogP contribution in [0.25, 0.3) is 10.9 Å². The van der Waals surface area contributed by atoms with Crippen LogP contribution in [0, 0.1) is 6.92 Å². The number of hydrogen-bond donors (Lipinski definition) is 2. The van der Waals surface area contributed by atoms with Gasteiger partial charge in [0.1, 0.15) is 5.69 Å². The van der Waals surface area contributed by atoms with E-state index in [1.807, 2.05) is 41.0 Å². The summed E-state index contributed by atoms with van der Waals surface area (Å²) in [7, 11) is 0. The van der Waals surface area contributed by atoms with E-state index in [2.05, 4.69) is 10.3 Å². The number of hydrogen-bond acceptors (Lipinski definition) is 3. The third-order valence-electron chi connectivity index (χ3n) is 6.40. The van der Waals surface area contributed by atoms with Crippen molar-refractivity contribution >= 4 is 28.6 Å². The van der Waals surface area contributed by atoms with E-state index in [0.717, 1.165) is 35.7 Å². The molecule has 2 aliphatic rings. The molecule has 7 heteroatoms. The number of aromatic amines is 1. The first-order valence-corrected chi connectivity index (χ1v) is 10.2. The van der Waals surface area contributed by atoms with Gasteiger partial charge in [0.15, 0.2) is 0 Å². The van der Waals surface area contributed by atoms with Gasteiger partial charge in [0, 0.05) is 56.0 Å². The molecule has 1 spiro atoms. The highest BCUT2D eigenvalue weighted by atomic mass is 16.2. The fourth-order valence-corrected chi connectivity index (χ4v) is 4.94. The zero-order chi connectivity index (χ0) is 20.8. The third-order valence-corrected chi connectivity index (χ3v) is 6.40. The number of amides is 3. The smallest absolute Gasteiger partial charge is 0.270 e. The molecule has 29 heavy (non-hydrogen) atoms. The van der Waals surface area contributed by atoms with Crippen LogP contribution in [0.1, 0.15) is 49.2 Å². The Morgan fingerprint density at radius 2 is 1.86 bits per heavy atom. The number of piperidine rings is 1. The van der Waals surface area contributed by atoms with Gasteiger partial charge in [-0.15, -0.1) is 0 Å². The zero-order valence-corrected chi connectivity index (χ0v) is 17.2. The van der Waals surface area contributed by atoms with Gasteiger partial charge in [-0.3, -0.25) is 14.4 Å². The van der Waals surface area contributed by atoms with Gasteiger partial charge in [-0.1, -0.05) is 12.1 Å². The minimum atomic E-state index is -0.330. The quantitative estimate of drug-likeness (QED) is 0.816. The predicted molar refractivity (Wildman–Crippen MR) is 111 cm³/mol. The fourth-order valence-electron chi connectivity index (χ4n) is 4.94. The van der Waals surface area contributed by atoms with Crippen LogP contribution in [0.4, 0.5) is 0 Å². The molecule has 2 fully saturated rings. The van der Waals surface area contributed by atoms with Crippen LogP contribution in [-0.4, -0.2) is 63.7 Å². The van der Waals surface area contributed by atoms with Crippen LogP contribution in [0.15, 0.2) is 24.3 Å². The zero-order valence-electron chi connectivity index (χ0n) is 17.2. The highest BCUT2D eigenvalue weighted by molar-refractivity contribution is 5.98. The third kappa shape index (κ3) is 3.61. The van der Waals surface area contributed by atoms with Gasteiger partial charge in [-0.25, -0.2) is 0 Å². The summed E-state index contributed by atoms with van der Waals surface area (Å²) in [4.78, 5) is 44.0. The van der Waals surface area contributed by atoms with Crippen molar-refractivity contribution in [1.29, 1.82) is 0 Å². The van der Waals surface area contributed by atoms with E-state index in [9.17, 15) is 14.4 Å². The molecule has 0 radical (unpaired) electrons. The normalized spacial score (nSPS) is 21.0. The summed E-state index contributed by atoms with van der Waals surface area (Å²) in [5.41, 5.74) is 2.33. The Morgan fingerprint density at radius 3 is 2.52 bits per heavy atom. The van der Waals surface area contributed by atoms with Gasteiger partial charge < -0.3 is 20.1 Å². The molecule has 2 aliphatic heterocycles. The number of H-pyrrole nitrogens is 1. The molecule has 0 unspecified atom stereocenters. The number of aryl methyl sites for hydroxylation is 1. The molecule has 3 amide bonds. The number of aromatic nitrogens is 1. The molecule has 7 nitrogen and oxygen atoms in total. The van der Waals surface area contributed by atoms with Crippen molar-refractivity contribution in [3.63, 3.8) is 0 Å². The molecule has 1 atom stereocenters. The fraction of sp³-hybridized carbons (Fsp3) is 0.500. The lowest BCUT2D eigenvalue weighted by Crippen LogP contribution is -2.54. The van der Waals surface area contributed by atoms with Crippen LogP contribution >= 0.6 is 0 Å². The molecule has 154 valence electrons. The Kier molecular flexibility index (Phi) is 4.84. The first-order chi connectivity index (χ1) is 13.8. The summed E-state index contributed by atoms with van der Waals surface area (Å²) >= 11 is 0. The van der Waals surface area contributed by atoms with Gasteiger partial charge in [0.05, 0.1) is 0 Å². The summed E-state index contributed by atoms with van der Waals surface area (Å²) < 4.78 is 0. The molecular weight excluding hydrogens is 368 g/mol. The minimum Gasteiger partial charge on any atom is -0.352 e. The summed E-state index contributed by atoms with van der Waals surface area (Å²) in [6.45, 7) is 6.89. The Bertz CT molecular complexity index is 972. The molecule has 1 aromatic heterocycles. The number of likely N-dealkylation sites (tertiary alicyclic amines) is 2. The maximum Gasteiger partial charge on any atom is 0.270 e. The second-order valence-corrected chi connectivity index (χ2v) is 8.52. The number of carbonyl (C=O) groups is 3. The molecule has 2 aromatic rings. The average Bonchev–Trinajstić information content (AvgIpc) is 3.22. The number of fused-ring (bicyclic) bond motifs is 1. The standard InChI is InChI=1S/C22H28N4O3/c1-14-4-5-17-11-20(24-19(17)10-14)21(29)26-13-18(23-15(2)27)12-22(26)6-8-25(9-7-22)16(3)28/h4-5,10-11,18,24H,6-9,12-13H2,1-3H3,(H,23,27)/t18-/m1/s1. The van der Waals surface area contributed by atoms with Crippen molar-refractivity contribution in [3.05, 3.63) is 35.5 Å². The molecule has 0 bridgehead atoms. The lowest BCUT2D eigenvalue weighted by atomic mass is 9.84. The second kappa shape index (κ2) is 7.21. The summed E-state index contributed by atoms with van der Waals surface area (Å²) in [5.74, 6) is -0.0511. The maximum atomic E-state index is 13.5. The summed E-state index contributed by atoms with van der Waals surface area (Å²) in [6, 6.07) is 7.93. The highest BCUT2D eigenvalue weighted by Gasteiger charge is 2.50. The number of benzene rings is 1. The number of nitrogens with one attached hydrogen (secondary N) is 2. The van der Waals surface area contributed by atoms with E-state index < -0.39 is 0 Å². The van der Waals surface area contributed by atoms with Crippen molar-refractivity contribution in [2.24, 2.45) is 0 Å². The lowest BCUT2D eigenvalue weighted by Gasteiger charge is -2.44. The Balaban J connectivity index is 1.63. The molecule has 1 aromatic carbocycles. The molecule has 0 aliphatic carbocycles. The van der Waals surface area contributed by atoms with Gasteiger partial charge in [0.2, 0.25) is 11.8 Å². The first kappa shape index (κ1) is 19.5. The SMILES string of the molecule is CC(=O)N[C@H]1CN(C(=O)c2cc3ccc(C)cc3[nH]2)C2(CCN(C(C)=O)CC2)C1. The van der Waals surface area contributed by atoms with Crippen molar-refractivity contribution in [3.8, 4) is 0 Å². The second-order valence-electron chi connectivity index (χ2n) is 8.52. The Morgan fingerprint density at radius 1 is 1.14 bits per heavy atom. The van der Waals surface area contributed by atoms with Crippen LogP contribution < -0.4 is 5.32 Å². The largest absolute Gasteiger partial charge is 0.352 e. The van der Waals surface area contributed by atoms with Crippen LogP contribution in [0.5, 0.6) is 0 Å². The van der Waals surface area contributed by atoms with Gasteiger partial charge in [-0.05, 0) is 43.9 Å². The van der Waals surface area contributed by atoms with Crippen LogP contribution in [0.3, 0.4) is 0 Å². The molecule has 0 saturated carbocycles. The van der Waals surface area contributed by atoms with Crippen LogP contribution in [-0.2, 0) is 9.59 Å². The number of nitrogens with zero attached hydrogens (tertiary/aromatic N) is 2. The van der Waals surface area contributed by atoms with E-state index >= 15 is 0 Å². The average molecular weight is 396 g/mol. The molecule has 2 saturated heterocycles. The molecule has 2 N–H and O–H groups in total. The Hall–Kier alpha value is -2.83. The monoisotopic (exact) mass is 396 g/mol. The van der Waals surface area contributed by atoms with Crippen molar-refractivity contribution in [2.75, 3.05) is 19.6 Å². The lowest BCUT2D eigenvalue weighted by molar-refractivity contribution is -0.131. The van der Waals surface area contributed by atoms with Gasteiger partial charge >= 0.3 is 0 Å². The number of carbonyl (C=O) groups excluding carboxylic acids is 3. The number of rotatable bonds is 2. The maximum absolute atomic E-state index is 13.5. The highest BCUT2D eigenvalue weighted by Crippen LogP contribution is 2.39. The van der Waals surface area contributed by atoms with Crippen molar-refractivity contribution in [1.82, 2.24) is 20.1 Å². The predicted octanol–water partition coefficient (Wildman–Crippen LogP) is 2.21. The summed E-state index contributed by atoms with van der Waals surface area (Å²) in [6.07, 6.45) is 2.19. The van der Waals surface area contributed by atoms with E-state index in [1.165, 1.54) is 6.92 Å². The summed E-state index contributed by atoms with van der Waals surface area (Å²) in [5, 5.41) is 4.01. The first-order valence-electron chi connectivity index (χ1n) is 10.2. The van der Waals surface area contributed by atoms with E-state index in [4.69, 9.17) is 0 Å². The van der Waals surface area contributed by atoms with E-state index in [0.29, 0.717) is 25.3 Å². The van der Waals surface area contributed by atoms with Crippen molar-refractivity contribution in [2.45, 2.75) is 51.6 Å². The van der Waals surface area contributed by atoms with E-state index in [1.54, 1.807) is 6.92 Å². The Labute approximate surface area is 170 Å². The molecule has 4 rings (SSSR count). The van der Waals surface area contributed by atoms with Gasteiger partial charge in [-0.2, -0.15) is 0 Å². The van der Waals surface area contributed by atoms with Crippen LogP contribution in [0.2, 0.25) is 0 Å². The minimum absolute atomic E-state index is 0.0389. The molecule has 3 heterocycles. The molecular formula is C22H28N4O3. The van der Waals surface area contributed by atoms with Crippen molar-refractivity contribution < 1.29 is 14.4 Å². The topological polar surface area (TPSA) is 85.5 Å². The van der Waals surface area contributed by atoms with Gasteiger partial charge in [0.25, 0.3) is 5.91 Å².